The Morgan fingerprint density at radius 1 is 1.04 bits per heavy atom. The van der Waals surface area contributed by atoms with E-state index in [1.54, 1.807) is 0 Å². The number of aromatic amines is 1. The van der Waals surface area contributed by atoms with Gasteiger partial charge < -0.3 is 10.7 Å². The summed E-state index contributed by atoms with van der Waals surface area (Å²) in [6.45, 7) is 7.25. The summed E-state index contributed by atoms with van der Waals surface area (Å²) in [5, 5.41) is 1.30. The highest BCUT2D eigenvalue weighted by molar-refractivity contribution is 5.84. The van der Waals surface area contributed by atoms with Gasteiger partial charge in [-0.25, -0.2) is 0 Å². The van der Waals surface area contributed by atoms with Crippen molar-refractivity contribution >= 4 is 10.9 Å². The number of benzene rings is 2. The molecule has 0 amide bonds. The normalized spacial score (nSPS) is 12.9. The van der Waals surface area contributed by atoms with Gasteiger partial charge in [0.25, 0.3) is 0 Å². The van der Waals surface area contributed by atoms with Gasteiger partial charge in [-0.3, -0.25) is 0 Å². The molecule has 1 unspecified atom stereocenters. The summed E-state index contributed by atoms with van der Waals surface area (Å²) in [7, 11) is 0. The van der Waals surface area contributed by atoms with Crippen LogP contribution in [-0.2, 0) is 6.42 Å². The second-order valence-corrected chi connectivity index (χ2v) is 6.83. The molecule has 0 aliphatic heterocycles. The maximum Gasteiger partial charge on any atom is 0.0457 e. The molecular formula is C21H26N2. The van der Waals surface area contributed by atoms with Crippen LogP contribution in [0.2, 0.25) is 0 Å². The summed E-state index contributed by atoms with van der Waals surface area (Å²) in [5.41, 5.74) is 12.7. The molecule has 3 N–H and O–H groups in total. The minimum absolute atomic E-state index is 0.343. The number of rotatable bonds is 5. The van der Waals surface area contributed by atoms with Crippen molar-refractivity contribution in [3.05, 3.63) is 70.9 Å². The van der Waals surface area contributed by atoms with Crippen LogP contribution in [0.4, 0.5) is 0 Å². The van der Waals surface area contributed by atoms with Crippen LogP contribution in [0.3, 0.4) is 0 Å². The van der Waals surface area contributed by atoms with E-state index in [0.717, 1.165) is 6.42 Å². The van der Waals surface area contributed by atoms with Crippen molar-refractivity contribution in [3.63, 3.8) is 0 Å². The van der Waals surface area contributed by atoms with Crippen LogP contribution in [0.25, 0.3) is 10.9 Å². The van der Waals surface area contributed by atoms with Crippen LogP contribution in [0.5, 0.6) is 0 Å². The maximum absolute atomic E-state index is 6.11. The van der Waals surface area contributed by atoms with Gasteiger partial charge in [-0.05, 0) is 54.6 Å². The summed E-state index contributed by atoms with van der Waals surface area (Å²) in [6, 6.07) is 15.5. The van der Waals surface area contributed by atoms with Gasteiger partial charge in [0.1, 0.15) is 0 Å². The van der Waals surface area contributed by atoms with Crippen LogP contribution >= 0.6 is 0 Å². The number of H-pyrrole nitrogens is 1. The van der Waals surface area contributed by atoms with Crippen LogP contribution in [-0.4, -0.2) is 11.5 Å². The second-order valence-electron chi connectivity index (χ2n) is 6.83. The minimum Gasteiger partial charge on any atom is -0.361 e. The lowest BCUT2D eigenvalue weighted by molar-refractivity contribution is 0.699. The molecule has 3 rings (SSSR count). The lowest BCUT2D eigenvalue weighted by Gasteiger charge is -2.15. The molecule has 0 spiro atoms. The first kappa shape index (κ1) is 15.8. The molecule has 0 saturated heterocycles. The first-order chi connectivity index (χ1) is 11.1. The molecule has 0 saturated carbocycles. The highest BCUT2D eigenvalue weighted by Crippen LogP contribution is 2.29. The van der Waals surface area contributed by atoms with E-state index >= 15 is 0 Å². The van der Waals surface area contributed by atoms with Gasteiger partial charge in [0.05, 0.1) is 0 Å². The first-order valence-electron chi connectivity index (χ1n) is 8.45. The minimum atomic E-state index is 0.343. The van der Waals surface area contributed by atoms with Gasteiger partial charge in [0, 0.05) is 23.0 Å². The summed E-state index contributed by atoms with van der Waals surface area (Å²) in [6.07, 6.45) is 3.11. The molecule has 2 nitrogen and oxygen atoms in total. The predicted octanol–water partition coefficient (Wildman–Crippen LogP) is 4.88. The number of nitrogens with two attached hydrogens (primary N) is 1. The van der Waals surface area contributed by atoms with Crippen molar-refractivity contribution in [1.82, 2.24) is 4.98 Å². The molecule has 1 atom stereocenters. The molecule has 120 valence electrons. The van der Waals surface area contributed by atoms with Crippen molar-refractivity contribution in [2.24, 2.45) is 5.73 Å². The van der Waals surface area contributed by atoms with Crippen LogP contribution < -0.4 is 5.73 Å². The highest BCUT2D eigenvalue weighted by atomic mass is 14.7. The van der Waals surface area contributed by atoms with Gasteiger partial charge in [-0.2, -0.15) is 0 Å². The van der Waals surface area contributed by atoms with Gasteiger partial charge in [-0.15, -0.1) is 0 Å². The Balaban J connectivity index is 1.88. The quantitative estimate of drug-likeness (QED) is 0.692. The van der Waals surface area contributed by atoms with E-state index in [0.29, 0.717) is 18.4 Å². The summed E-state index contributed by atoms with van der Waals surface area (Å²) >= 11 is 0. The lowest BCUT2D eigenvalue weighted by Crippen LogP contribution is -2.14. The summed E-state index contributed by atoms with van der Waals surface area (Å²) in [4.78, 5) is 3.38. The number of aromatic nitrogens is 1. The van der Waals surface area contributed by atoms with Crippen molar-refractivity contribution < 1.29 is 0 Å². The van der Waals surface area contributed by atoms with E-state index in [-0.39, 0.29) is 0 Å². The molecule has 0 radical (unpaired) electrons. The zero-order chi connectivity index (χ0) is 16.4. The van der Waals surface area contributed by atoms with Crippen molar-refractivity contribution in [3.8, 4) is 0 Å². The first-order valence-corrected chi connectivity index (χ1v) is 8.45. The molecule has 2 aromatic carbocycles. The summed E-state index contributed by atoms with van der Waals surface area (Å²) in [5.74, 6) is 0.918. The zero-order valence-electron chi connectivity index (χ0n) is 14.3. The van der Waals surface area contributed by atoms with Crippen LogP contribution in [0, 0.1) is 6.92 Å². The van der Waals surface area contributed by atoms with Crippen molar-refractivity contribution in [2.45, 2.75) is 39.0 Å². The topological polar surface area (TPSA) is 41.8 Å². The molecule has 0 bridgehead atoms. The van der Waals surface area contributed by atoms with Crippen LogP contribution in [0.15, 0.2) is 48.7 Å². The lowest BCUT2D eigenvalue weighted by atomic mass is 9.90. The monoisotopic (exact) mass is 306 g/mol. The zero-order valence-corrected chi connectivity index (χ0v) is 14.3. The fourth-order valence-electron chi connectivity index (χ4n) is 3.24. The molecule has 0 fully saturated rings. The van der Waals surface area contributed by atoms with E-state index in [1.807, 2.05) is 0 Å². The average molecular weight is 306 g/mol. The Morgan fingerprint density at radius 2 is 1.78 bits per heavy atom. The fourth-order valence-corrected chi connectivity index (χ4v) is 3.24. The standard InChI is InChI=1S/C21H26N2/c1-14(2)17-7-5-16(6-8-17)11-18(12-22)20-13-23-21-9-4-15(3)10-19(20)21/h4-10,13-14,18,23H,11-12,22H2,1-3H3. The molecule has 1 heterocycles. The van der Waals surface area contributed by atoms with E-state index in [9.17, 15) is 0 Å². The third-order valence-electron chi connectivity index (χ3n) is 4.72. The fraction of sp³-hybridized carbons (Fsp3) is 0.333. The second kappa shape index (κ2) is 6.59. The molecule has 1 aromatic heterocycles. The molecule has 0 aliphatic rings. The molecule has 2 heteroatoms. The van der Waals surface area contributed by atoms with Crippen molar-refractivity contribution in [1.29, 1.82) is 0 Å². The Kier molecular flexibility index (Phi) is 4.53. The third kappa shape index (κ3) is 3.32. The van der Waals surface area contributed by atoms with Crippen LogP contribution in [0.1, 0.15) is 47.9 Å². The Hall–Kier alpha value is -2.06. The van der Waals surface area contributed by atoms with Gasteiger partial charge >= 0.3 is 0 Å². The highest BCUT2D eigenvalue weighted by Gasteiger charge is 2.15. The number of aryl methyl sites for hydroxylation is 1. The molecular weight excluding hydrogens is 280 g/mol. The van der Waals surface area contributed by atoms with Gasteiger partial charge in [0.15, 0.2) is 0 Å². The number of fused-ring (bicyclic) bond motifs is 1. The summed E-state index contributed by atoms with van der Waals surface area (Å²) < 4.78 is 0. The van der Waals surface area contributed by atoms with Crippen molar-refractivity contribution in [2.75, 3.05) is 6.54 Å². The van der Waals surface area contributed by atoms with E-state index < -0.39 is 0 Å². The number of nitrogens with one attached hydrogen (secondary N) is 1. The number of hydrogen-bond acceptors (Lipinski definition) is 1. The SMILES string of the molecule is Cc1ccc2[nH]cc(C(CN)Cc3ccc(C(C)C)cc3)c2c1. The molecule has 3 aromatic rings. The molecule has 23 heavy (non-hydrogen) atoms. The van der Waals surface area contributed by atoms with E-state index in [2.05, 4.69) is 74.4 Å². The maximum atomic E-state index is 6.11. The Morgan fingerprint density at radius 3 is 2.43 bits per heavy atom. The third-order valence-corrected chi connectivity index (χ3v) is 4.72. The predicted molar refractivity (Wildman–Crippen MR) is 99.1 cm³/mol. The van der Waals surface area contributed by atoms with Gasteiger partial charge in [-0.1, -0.05) is 49.7 Å². The molecule has 0 aliphatic carbocycles. The number of hydrogen-bond donors (Lipinski definition) is 2. The van der Waals surface area contributed by atoms with E-state index in [1.165, 1.54) is 33.2 Å². The average Bonchev–Trinajstić information content (AvgIpc) is 2.96. The Labute approximate surface area is 138 Å². The largest absolute Gasteiger partial charge is 0.361 e. The Bertz CT molecular complexity index is 781. The smallest absolute Gasteiger partial charge is 0.0457 e. The van der Waals surface area contributed by atoms with Gasteiger partial charge in [0.2, 0.25) is 0 Å². The van der Waals surface area contributed by atoms with E-state index in [4.69, 9.17) is 5.73 Å².